The van der Waals surface area contributed by atoms with Crippen LogP contribution in [0, 0.1) is 0 Å². The van der Waals surface area contributed by atoms with Crippen LogP contribution in [0.15, 0.2) is 42.5 Å². The smallest absolute Gasteiger partial charge is 0.227 e. The van der Waals surface area contributed by atoms with E-state index >= 15 is 0 Å². The molecule has 0 unspecified atom stereocenters. The van der Waals surface area contributed by atoms with Gasteiger partial charge in [0.1, 0.15) is 0 Å². The van der Waals surface area contributed by atoms with Gasteiger partial charge in [-0.05, 0) is 74.0 Å². The van der Waals surface area contributed by atoms with Crippen molar-refractivity contribution in [1.29, 1.82) is 0 Å². The molecule has 0 radical (unpaired) electrons. The molecule has 1 N–H and O–H groups in total. The highest BCUT2D eigenvalue weighted by atomic mass is 35.5. The standard InChI is InChI=1S/C25H30N2O2.ClH/c28-23(9-5-2-6-14-26-15-12-19-7-3-1-4-8-19)22-17-20-10-11-24(29)27-16-13-21(18-22)25(20)27;/h1,3-4,7-8,17-18,26H,2,5-6,9-16H2;1H. The molecule has 2 aromatic carbocycles. The van der Waals surface area contributed by atoms with Crippen molar-refractivity contribution in [3.8, 4) is 0 Å². The van der Waals surface area contributed by atoms with E-state index in [2.05, 4.69) is 29.6 Å². The van der Waals surface area contributed by atoms with Gasteiger partial charge in [-0.1, -0.05) is 36.8 Å². The predicted octanol–water partition coefficient (Wildman–Crippen LogP) is 4.52. The van der Waals surface area contributed by atoms with E-state index in [0.29, 0.717) is 12.8 Å². The van der Waals surface area contributed by atoms with Crippen molar-refractivity contribution in [3.05, 3.63) is 64.7 Å². The van der Waals surface area contributed by atoms with Gasteiger partial charge >= 0.3 is 0 Å². The summed E-state index contributed by atoms with van der Waals surface area (Å²) >= 11 is 0. The van der Waals surface area contributed by atoms with Crippen molar-refractivity contribution < 1.29 is 9.59 Å². The summed E-state index contributed by atoms with van der Waals surface area (Å²) in [6, 6.07) is 14.6. The van der Waals surface area contributed by atoms with Gasteiger partial charge in [0.15, 0.2) is 5.78 Å². The highest BCUT2D eigenvalue weighted by molar-refractivity contribution is 6.02. The van der Waals surface area contributed by atoms with Gasteiger partial charge in [-0.2, -0.15) is 0 Å². The third kappa shape index (κ3) is 5.30. The first-order valence-electron chi connectivity index (χ1n) is 11.0. The molecule has 4 rings (SSSR count). The molecule has 0 aliphatic carbocycles. The fourth-order valence-electron chi connectivity index (χ4n) is 4.48. The molecule has 0 fully saturated rings. The van der Waals surface area contributed by atoms with Crippen LogP contribution in [0.1, 0.15) is 59.2 Å². The number of hydrogen-bond donors (Lipinski definition) is 1. The molecule has 0 spiro atoms. The molecular weight excluding hydrogens is 396 g/mol. The summed E-state index contributed by atoms with van der Waals surface area (Å²) in [5.41, 5.74) is 5.67. The van der Waals surface area contributed by atoms with Crippen LogP contribution in [0.4, 0.5) is 5.69 Å². The Balaban J connectivity index is 0.00000256. The molecule has 0 saturated carbocycles. The van der Waals surface area contributed by atoms with Gasteiger partial charge < -0.3 is 10.2 Å². The van der Waals surface area contributed by atoms with E-state index in [0.717, 1.165) is 69.4 Å². The van der Waals surface area contributed by atoms with Crippen molar-refractivity contribution in [2.24, 2.45) is 0 Å². The first kappa shape index (κ1) is 22.5. The monoisotopic (exact) mass is 426 g/mol. The number of aryl methyl sites for hydroxylation is 1. The number of rotatable bonds is 10. The Labute approximate surface area is 185 Å². The van der Waals surface area contributed by atoms with E-state index in [4.69, 9.17) is 0 Å². The molecule has 0 saturated heterocycles. The van der Waals surface area contributed by atoms with E-state index < -0.39 is 0 Å². The van der Waals surface area contributed by atoms with Crippen molar-refractivity contribution in [3.63, 3.8) is 0 Å². The molecule has 0 bridgehead atoms. The summed E-state index contributed by atoms with van der Waals surface area (Å²) in [6.45, 7) is 2.78. The van der Waals surface area contributed by atoms with E-state index in [1.807, 2.05) is 23.1 Å². The lowest BCUT2D eigenvalue weighted by molar-refractivity contribution is -0.118. The number of hydrogen-bond acceptors (Lipinski definition) is 3. The molecule has 1 amide bonds. The zero-order valence-electron chi connectivity index (χ0n) is 17.5. The van der Waals surface area contributed by atoms with Crippen LogP contribution in [0.2, 0.25) is 0 Å². The van der Waals surface area contributed by atoms with Crippen LogP contribution in [-0.2, 0) is 24.1 Å². The third-order valence-electron chi connectivity index (χ3n) is 6.06. The van der Waals surface area contributed by atoms with Gasteiger partial charge in [0.2, 0.25) is 5.91 Å². The van der Waals surface area contributed by atoms with Gasteiger partial charge in [0.25, 0.3) is 0 Å². The van der Waals surface area contributed by atoms with Crippen LogP contribution < -0.4 is 10.2 Å². The number of Topliss-reactive ketones (excluding diaryl/α,β-unsaturated/α-hetero) is 1. The van der Waals surface area contributed by atoms with E-state index in [9.17, 15) is 9.59 Å². The molecule has 0 aromatic heterocycles. The number of nitrogens with zero attached hydrogens (tertiary/aromatic N) is 1. The zero-order chi connectivity index (χ0) is 20.1. The van der Waals surface area contributed by atoms with Gasteiger partial charge in [-0.25, -0.2) is 0 Å². The number of amides is 1. The number of carbonyl (C=O) groups is 2. The van der Waals surface area contributed by atoms with E-state index in [1.54, 1.807) is 0 Å². The molecule has 30 heavy (non-hydrogen) atoms. The normalized spacial score (nSPS) is 14.4. The second-order valence-corrected chi connectivity index (χ2v) is 8.16. The van der Waals surface area contributed by atoms with Gasteiger partial charge in [0.05, 0.1) is 5.69 Å². The molecule has 4 nitrogen and oxygen atoms in total. The molecular formula is C25H31ClN2O2. The maximum atomic E-state index is 12.7. The fourth-order valence-corrected chi connectivity index (χ4v) is 4.48. The largest absolute Gasteiger partial charge is 0.316 e. The summed E-state index contributed by atoms with van der Waals surface area (Å²) < 4.78 is 0. The number of benzene rings is 2. The number of carbonyl (C=O) groups excluding carboxylic acids is 2. The van der Waals surface area contributed by atoms with E-state index in [-0.39, 0.29) is 24.1 Å². The Kier molecular flexibility index (Phi) is 8.06. The predicted molar refractivity (Wildman–Crippen MR) is 124 cm³/mol. The number of ketones is 1. The Bertz CT molecular complexity index is 882. The van der Waals surface area contributed by atoms with E-state index in [1.165, 1.54) is 16.7 Å². The SMILES string of the molecule is Cl.O=C(CCCCCNCCc1ccccc1)c1cc2c3c(c1)CCN3C(=O)CC2. The van der Waals surface area contributed by atoms with Crippen molar-refractivity contribution >= 4 is 29.8 Å². The third-order valence-corrected chi connectivity index (χ3v) is 6.06. The summed E-state index contributed by atoms with van der Waals surface area (Å²) in [5.74, 6) is 0.476. The minimum absolute atomic E-state index is 0. The second-order valence-electron chi connectivity index (χ2n) is 8.16. The fraction of sp³-hybridized carbons (Fsp3) is 0.440. The number of anilines is 1. The highest BCUT2D eigenvalue weighted by Crippen LogP contribution is 2.37. The molecule has 2 heterocycles. The average molecular weight is 427 g/mol. The summed E-state index contributed by atoms with van der Waals surface area (Å²) in [5, 5.41) is 3.49. The Morgan fingerprint density at radius 2 is 1.70 bits per heavy atom. The molecule has 2 aliphatic heterocycles. The summed E-state index contributed by atoms with van der Waals surface area (Å²) in [7, 11) is 0. The lowest BCUT2D eigenvalue weighted by Gasteiger charge is -2.25. The number of nitrogens with one attached hydrogen (secondary N) is 1. The quantitative estimate of drug-likeness (QED) is 0.449. The van der Waals surface area contributed by atoms with Crippen molar-refractivity contribution in [2.45, 2.75) is 51.4 Å². The summed E-state index contributed by atoms with van der Waals surface area (Å²) in [6.07, 6.45) is 7.02. The lowest BCUT2D eigenvalue weighted by atomic mass is 9.94. The van der Waals surface area contributed by atoms with Crippen LogP contribution in [-0.4, -0.2) is 31.3 Å². The van der Waals surface area contributed by atoms with Crippen LogP contribution in [0.25, 0.3) is 0 Å². The first-order chi connectivity index (χ1) is 14.2. The minimum Gasteiger partial charge on any atom is -0.316 e. The lowest BCUT2D eigenvalue weighted by Crippen LogP contribution is -2.32. The first-order valence-corrected chi connectivity index (χ1v) is 11.0. The number of halogens is 1. The minimum atomic E-state index is 0. The van der Waals surface area contributed by atoms with Gasteiger partial charge in [-0.3, -0.25) is 9.59 Å². The second kappa shape index (κ2) is 10.7. The van der Waals surface area contributed by atoms with Gasteiger partial charge in [0, 0.05) is 24.9 Å². The van der Waals surface area contributed by atoms with Crippen molar-refractivity contribution in [2.75, 3.05) is 24.5 Å². The molecule has 5 heteroatoms. The van der Waals surface area contributed by atoms with Crippen LogP contribution in [0.5, 0.6) is 0 Å². The molecule has 160 valence electrons. The number of unbranched alkanes of at least 4 members (excludes halogenated alkanes) is 2. The van der Waals surface area contributed by atoms with Gasteiger partial charge in [-0.15, -0.1) is 12.4 Å². The Morgan fingerprint density at radius 1 is 0.933 bits per heavy atom. The highest BCUT2D eigenvalue weighted by Gasteiger charge is 2.31. The maximum Gasteiger partial charge on any atom is 0.227 e. The van der Waals surface area contributed by atoms with Crippen molar-refractivity contribution in [1.82, 2.24) is 5.32 Å². The summed E-state index contributed by atoms with van der Waals surface area (Å²) in [4.78, 5) is 26.6. The Morgan fingerprint density at radius 3 is 2.50 bits per heavy atom. The average Bonchev–Trinajstić information content (AvgIpc) is 3.18. The molecule has 0 atom stereocenters. The topological polar surface area (TPSA) is 49.4 Å². The molecule has 2 aliphatic rings. The molecule has 2 aromatic rings. The van der Waals surface area contributed by atoms with Crippen LogP contribution in [0.3, 0.4) is 0 Å². The maximum absolute atomic E-state index is 12.7. The zero-order valence-corrected chi connectivity index (χ0v) is 18.3. The van der Waals surface area contributed by atoms with Crippen LogP contribution >= 0.6 is 12.4 Å². The Hall–Kier alpha value is -2.17.